The Kier molecular flexibility index (Phi) is 3.92. The molecule has 2 unspecified atom stereocenters. The zero-order valence-corrected chi connectivity index (χ0v) is 17.0. The molecular formula is C23H21N7O. The fourth-order valence-electron chi connectivity index (χ4n) is 4.67. The van der Waals surface area contributed by atoms with Gasteiger partial charge in [0.1, 0.15) is 11.9 Å². The molecule has 1 aliphatic heterocycles. The van der Waals surface area contributed by atoms with Gasteiger partial charge in [-0.3, -0.25) is 15.2 Å². The summed E-state index contributed by atoms with van der Waals surface area (Å²) in [6.07, 6.45) is 5.25. The summed E-state index contributed by atoms with van der Waals surface area (Å²) < 4.78 is 0. The van der Waals surface area contributed by atoms with Crippen molar-refractivity contribution in [2.45, 2.75) is 31.8 Å². The number of fused-ring (bicyclic) bond motifs is 2. The summed E-state index contributed by atoms with van der Waals surface area (Å²) in [5.74, 6) is 0.642. The summed E-state index contributed by atoms with van der Waals surface area (Å²) in [5.41, 5.74) is 6.76. The minimum Gasteiger partial charge on any atom is -0.346 e. The van der Waals surface area contributed by atoms with Crippen LogP contribution in [0.4, 0.5) is 10.5 Å². The number of amidine groups is 1. The Morgan fingerprint density at radius 2 is 1.97 bits per heavy atom. The Labute approximate surface area is 178 Å². The number of urea groups is 1. The number of carbonyl (C=O) groups is 1. The lowest BCUT2D eigenvalue weighted by Gasteiger charge is -2.23. The largest absolute Gasteiger partial charge is 0.346 e. The average molecular weight is 411 g/mol. The van der Waals surface area contributed by atoms with E-state index in [1.165, 1.54) is 11.1 Å². The van der Waals surface area contributed by atoms with Gasteiger partial charge in [0, 0.05) is 5.69 Å². The number of nitrogens with one attached hydrogen (secondary N) is 3. The van der Waals surface area contributed by atoms with Crippen molar-refractivity contribution < 1.29 is 4.79 Å². The second-order valence-electron chi connectivity index (χ2n) is 7.98. The number of aromatic amines is 2. The molecule has 8 nitrogen and oxygen atoms in total. The van der Waals surface area contributed by atoms with Crippen LogP contribution >= 0.6 is 0 Å². The van der Waals surface area contributed by atoms with Crippen molar-refractivity contribution in [3.05, 3.63) is 77.6 Å². The van der Waals surface area contributed by atoms with Crippen molar-refractivity contribution >= 4 is 28.6 Å². The number of hydrogen-bond donors (Lipinski definition) is 3. The normalized spacial score (nSPS) is 21.8. The molecule has 2 aromatic carbocycles. The third-order valence-corrected chi connectivity index (χ3v) is 6.19. The standard InChI is InChI=1S/C23H21N7O/c1-13-20(27-11-24-13)21-22(28-17-8-6-14-4-2-3-5-16(14)17)29-23(31)30(21)15-7-9-18-19(10-15)26-12-25-18/h2-5,7,9-12,17,21H,6,8H2,1H3,(H,24,27)(H,25,26)(H,28,29,31). The highest BCUT2D eigenvalue weighted by molar-refractivity contribution is 6.17. The van der Waals surface area contributed by atoms with Crippen LogP contribution in [0.1, 0.15) is 41.0 Å². The molecule has 8 heteroatoms. The van der Waals surface area contributed by atoms with Gasteiger partial charge in [0.25, 0.3) is 0 Å². The third-order valence-electron chi connectivity index (χ3n) is 6.19. The minimum absolute atomic E-state index is 0.0345. The van der Waals surface area contributed by atoms with Gasteiger partial charge in [-0.05, 0) is 49.1 Å². The summed E-state index contributed by atoms with van der Waals surface area (Å²) in [5, 5.41) is 3.03. The van der Waals surface area contributed by atoms with Crippen LogP contribution in [-0.2, 0) is 6.42 Å². The summed E-state index contributed by atoms with van der Waals surface area (Å²) >= 11 is 0. The number of benzene rings is 2. The third kappa shape index (κ3) is 2.83. The minimum atomic E-state index is -0.400. The van der Waals surface area contributed by atoms with Crippen molar-refractivity contribution in [2.75, 3.05) is 4.90 Å². The average Bonchev–Trinajstić information content (AvgIpc) is 3.55. The van der Waals surface area contributed by atoms with E-state index in [2.05, 4.69) is 43.5 Å². The van der Waals surface area contributed by atoms with Gasteiger partial charge in [0.05, 0.1) is 41.1 Å². The number of nitrogens with zero attached hydrogens (tertiary/aromatic N) is 4. The molecule has 31 heavy (non-hydrogen) atoms. The van der Waals surface area contributed by atoms with Gasteiger partial charge >= 0.3 is 6.03 Å². The first-order valence-electron chi connectivity index (χ1n) is 10.4. The Morgan fingerprint density at radius 3 is 2.84 bits per heavy atom. The lowest BCUT2D eigenvalue weighted by molar-refractivity contribution is 0.252. The van der Waals surface area contributed by atoms with E-state index in [4.69, 9.17) is 4.99 Å². The number of aryl methyl sites for hydroxylation is 2. The molecule has 2 atom stereocenters. The van der Waals surface area contributed by atoms with E-state index in [9.17, 15) is 4.79 Å². The van der Waals surface area contributed by atoms with E-state index in [0.717, 1.165) is 41.0 Å². The number of carbonyl (C=O) groups excluding carboxylic acids is 1. The lowest BCUT2D eigenvalue weighted by atomic mass is 10.1. The Hall–Kier alpha value is -3.94. The van der Waals surface area contributed by atoms with Gasteiger partial charge in [0.2, 0.25) is 0 Å². The van der Waals surface area contributed by atoms with E-state index in [1.54, 1.807) is 17.6 Å². The number of H-pyrrole nitrogens is 2. The number of amides is 2. The van der Waals surface area contributed by atoms with E-state index in [-0.39, 0.29) is 12.1 Å². The van der Waals surface area contributed by atoms with Crippen molar-refractivity contribution in [2.24, 2.45) is 4.99 Å². The van der Waals surface area contributed by atoms with Gasteiger partial charge in [-0.25, -0.2) is 14.8 Å². The second-order valence-corrected chi connectivity index (χ2v) is 7.98. The topological polar surface area (TPSA) is 102 Å². The Morgan fingerprint density at radius 1 is 1.10 bits per heavy atom. The fourth-order valence-corrected chi connectivity index (χ4v) is 4.67. The van der Waals surface area contributed by atoms with Crippen LogP contribution in [-0.4, -0.2) is 31.8 Å². The predicted octanol–water partition coefficient (Wildman–Crippen LogP) is 3.95. The molecule has 3 N–H and O–H groups in total. The van der Waals surface area contributed by atoms with Gasteiger partial charge in [-0.2, -0.15) is 0 Å². The molecule has 4 aromatic rings. The van der Waals surface area contributed by atoms with Gasteiger partial charge in [-0.1, -0.05) is 24.3 Å². The molecule has 6 rings (SSSR count). The Bertz CT molecular complexity index is 1330. The van der Waals surface area contributed by atoms with Crippen molar-refractivity contribution in [3.63, 3.8) is 0 Å². The van der Waals surface area contributed by atoms with Crippen molar-refractivity contribution in [3.8, 4) is 0 Å². The zero-order chi connectivity index (χ0) is 20.9. The zero-order valence-electron chi connectivity index (χ0n) is 17.0. The molecule has 154 valence electrons. The molecule has 0 bridgehead atoms. The van der Waals surface area contributed by atoms with Crippen LogP contribution in [0.25, 0.3) is 11.0 Å². The highest BCUT2D eigenvalue weighted by atomic mass is 16.2. The number of hydrogen-bond acceptors (Lipinski definition) is 4. The van der Waals surface area contributed by atoms with Crippen LogP contribution in [0.3, 0.4) is 0 Å². The molecule has 2 amide bonds. The van der Waals surface area contributed by atoms with Crippen LogP contribution < -0.4 is 10.2 Å². The molecule has 0 radical (unpaired) electrons. The fraction of sp³-hybridized carbons (Fsp3) is 0.217. The maximum Gasteiger partial charge on any atom is 0.328 e. The SMILES string of the molecule is Cc1nc[nH]c1C1C(=NC2CCc3ccccc32)NC(=O)N1c1ccc2nc[nH]c2c1. The van der Waals surface area contributed by atoms with Crippen molar-refractivity contribution in [1.82, 2.24) is 25.3 Å². The Balaban J connectivity index is 1.46. The van der Waals surface area contributed by atoms with Gasteiger partial charge < -0.3 is 9.97 Å². The predicted molar refractivity (Wildman–Crippen MR) is 118 cm³/mol. The lowest BCUT2D eigenvalue weighted by Crippen LogP contribution is -2.30. The molecule has 1 aliphatic carbocycles. The first-order chi connectivity index (χ1) is 15.2. The highest BCUT2D eigenvalue weighted by Gasteiger charge is 2.41. The summed E-state index contributed by atoms with van der Waals surface area (Å²) in [6.45, 7) is 1.94. The monoisotopic (exact) mass is 411 g/mol. The quantitative estimate of drug-likeness (QED) is 0.476. The maximum atomic E-state index is 13.2. The van der Waals surface area contributed by atoms with Crippen LogP contribution in [0.15, 0.2) is 60.1 Å². The summed E-state index contributed by atoms with van der Waals surface area (Å²) in [6, 6.07) is 13.6. The molecule has 1 fully saturated rings. The number of rotatable bonds is 3. The molecule has 0 spiro atoms. The van der Waals surface area contributed by atoms with Crippen molar-refractivity contribution in [1.29, 1.82) is 0 Å². The van der Waals surface area contributed by atoms with E-state index >= 15 is 0 Å². The smallest absolute Gasteiger partial charge is 0.328 e. The molecule has 0 saturated carbocycles. The highest BCUT2D eigenvalue weighted by Crippen LogP contribution is 2.38. The second kappa shape index (κ2) is 6.80. The van der Waals surface area contributed by atoms with E-state index in [0.29, 0.717) is 5.84 Å². The van der Waals surface area contributed by atoms with Crippen LogP contribution in [0.5, 0.6) is 0 Å². The first kappa shape index (κ1) is 17.9. The molecule has 2 aromatic heterocycles. The molecule has 1 saturated heterocycles. The number of aromatic nitrogens is 4. The number of aliphatic imine (C=N–C) groups is 1. The molecular weight excluding hydrogens is 390 g/mol. The van der Waals surface area contributed by atoms with Gasteiger partial charge in [0.15, 0.2) is 0 Å². The van der Waals surface area contributed by atoms with E-state index < -0.39 is 6.04 Å². The first-order valence-corrected chi connectivity index (χ1v) is 10.4. The molecule has 3 heterocycles. The van der Waals surface area contributed by atoms with Gasteiger partial charge in [-0.15, -0.1) is 0 Å². The van der Waals surface area contributed by atoms with E-state index in [1.807, 2.05) is 31.2 Å². The maximum absolute atomic E-state index is 13.2. The van der Waals surface area contributed by atoms with Crippen LogP contribution in [0, 0.1) is 6.92 Å². The summed E-state index contributed by atoms with van der Waals surface area (Å²) in [4.78, 5) is 34.9. The number of anilines is 1. The van der Waals surface area contributed by atoms with Crippen LogP contribution in [0.2, 0.25) is 0 Å². The summed E-state index contributed by atoms with van der Waals surface area (Å²) in [7, 11) is 0. The molecule has 2 aliphatic rings. The number of imidazole rings is 2.